The third-order valence-corrected chi connectivity index (χ3v) is 7.43. The molecule has 2 amide bonds. The number of nitrogens with zero attached hydrogens (tertiary/aromatic N) is 3. The number of nitrogens with one attached hydrogen (secondary N) is 2. The van der Waals surface area contributed by atoms with Crippen LogP contribution >= 0.6 is 10.6 Å². The molecule has 1 aromatic carbocycles. The molecular formula is C21H26FN5O4S. The molecule has 2 unspecified atom stereocenters. The first-order valence-corrected chi connectivity index (χ1v) is 12.5. The highest BCUT2D eigenvalue weighted by Crippen LogP contribution is 2.54. The monoisotopic (exact) mass is 463 g/mol. The maximum Gasteiger partial charge on any atom is 0.319 e. The highest BCUT2D eigenvalue weighted by Gasteiger charge is 2.38. The molecule has 4 N–H and O–H groups in total. The Bertz CT molecular complexity index is 1010. The number of rotatable bonds is 5. The summed E-state index contributed by atoms with van der Waals surface area (Å²) < 4.78 is 38.9. The number of fused-ring (bicyclic) bond motifs is 3. The average Bonchev–Trinajstić information content (AvgIpc) is 3.27. The highest BCUT2D eigenvalue weighted by molar-refractivity contribution is 8.23. The van der Waals surface area contributed by atoms with Crippen molar-refractivity contribution in [3.05, 3.63) is 35.5 Å². The molecule has 11 heteroatoms. The number of benzene rings is 1. The Morgan fingerprint density at radius 2 is 1.88 bits per heavy atom. The molecule has 5 rings (SSSR count). The second-order valence-corrected chi connectivity index (χ2v) is 10.6. The largest absolute Gasteiger partial charge is 0.371 e. The van der Waals surface area contributed by atoms with Gasteiger partial charge in [0.1, 0.15) is 12.5 Å². The Hall–Kier alpha value is -2.47. The van der Waals surface area contributed by atoms with E-state index in [0.717, 1.165) is 42.9 Å². The zero-order valence-electron chi connectivity index (χ0n) is 17.5. The van der Waals surface area contributed by atoms with Crippen molar-refractivity contribution >= 4 is 28.1 Å². The lowest BCUT2D eigenvalue weighted by molar-refractivity contribution is 0.0302. The van der Waals surface area contributed by atoms with Crippen molar-refractivity contribution in [2.45, 2.75) is 36.6 Å². The van der Waals surface area contributed by atoms with Gasteiger partial charge in [0, 0.05) is 36.4 Å². The predicted molar refractivity (Wildman–Crippen MR) is 121 cm³/mol. The summed E-state index contributed by atoms with van der Waals surface area (Å²) >= 11 is 0. The number of amides is 2. The van der Waals surface area contributed by atoms with E-state index >= 15 is 0 Å². The van der Waals surface area contributed by atoms with Crippen LogP contribution < -0.4 is 15.5 Å². The summed E-state index contributed by atoms with van der Waals surface area (Å²) in [7, 11) is -2.75. The van der Waals surface area contributed by atoms with Gasteiger partial charge in [-0.15, -0.1) is 0 Å². The second-order valence-electron chi connectivity index (χ2n) is 8.40. The molecule has 3 aliphatic heterocycles. The van der Waals surface area contributed by atoms with Crippen LogP contribution in [0.25, 0.3) is 11.4 Å². The number of hydrogen-bond acceptors (Lipinski definition) is 7. The number of ether oxygens (including phenoxy) is 1. The quantitative estimate of drug-likeness (QED) is 0.537. The molecule has 1 aromatic heterocycles. The first kappa shape index (κ1) is 21.4. The predicted octanol–water partition coefficient (Wildman–Crippen LogP) is 3.37. The number of alkyl halides is 1. The molecule has 3 aliphatic rings. The van der Waals surface area contributed by atoms with Crippen LogP contribution in [0.4, 0.5) is 20.7 Å². The smallest absolute Gasteiger partial charge is 0.319 e. The van der Waals surface area contributed by atoms with Crippen molar-refractivity contribution in [3.8, 4) is 11.4 Å². The van der Waals surface area contributed by atoms with Crippen molar-refractivity contribution in [2.24, 2.45) is 0 Å². The Labute approximate surface area is 186 Å². The molecule has 0 radical (unpaired) electrons. The molecule has 0 saturated carbocycles. The van der Waals surface area contributed by atoms with E-state index in [0.29, 0.717) is 17.2 Å². The maximum absolute atomic E-state index is 12.2. The highest BCUT2D eigenvalue weighted by atomic mass is 32.3. The van der Waals surface area contributed by atoms with Gasteiger partial charge in [-0.1, -0.05) is 0 Å². The molecule has 2 atom stereocenters. The fourth-order valence-electron chi connectivity index (χ4n) is 4.50. The second kappa shape index (κ2) is 8.47. The third kappa shape index (κ3) is 4.38. The molecule has 32 heavy (non-hydrogen) atoms. The summed E-state index contributed by atoms with van der Waals surface area (Å²) in [5.41, 5.74) is 2.81. The minimum atomic E-state index is -2.75. The van der Waals surface area contributed by atoms with E-state index in [1.165, 1.54) is 0 Å². The molecule has 0 spiro atoms. The SMILES string of the molecule is O=C(NCCF)Nc1ccc(-c2nc3c(c(N4CC5CCC(C4)O5)n2)CS(O)(O)C3)cc1. The molecule has 2 aromatic rings. The van der Waals surface area contributed by atoms with Gasteiger partial charge in [-0.25, -0.2) is 19.2 Å². The van der Waals surface area contributed by atoms with Crippen LogP contribution in [0.2, 0.25) is 0 Å². The van der Waals surface area contributed by atoms with Crippen LogP contribution in [0.1, 0.15) is 24.1 Å². The van der Waals surface area contributed by atoms with E-state index < -0.39 is 23.3 Å². The zero-order valence-corrected chi connectivity index (χ0v) is 18.3. The van der Waals surface area contributed by atoms with Crippen molar-refractivity contribution < 1.29 is 23.0 Å². The van der Waals surface area contributed by atoms with E-state index in [1.807, 2.05) is 0 Å². The van der Waals surface area contributed by atoms with E-state index in [-0.39, 0.29) is 30.3 Å². The van der Waals surface area contributed by atoms with Gasteiger partial charge in [0.15, 0.2) is 5.82 Å². The zero-order chi connectivity index (χ0) is 22.3. The van der Waals surface area contributed by atoms with Gasteiger partial charge in [0.05, 0.1) is 29.4 Å². The number of hydrogen-bond donors (Lipinski definition) is 4. The lowest BCUT2D eigenvalue weighted by Gasteiger charge is -2.34. The van der Waals surface area contributed by atoms with Crippen molar-refractivity contribution in [1.29, 1.82) is 0 Å². The number of halogens is 1. The van der Waals surface area contributed by atoms with E-state index in [1.54, 1.807) is 24.3 Å². The Balaban J connectivity index is 1.43. The number of urea groups is 1. The number of anilines is 2. The molecule has 2 saturated heterocycles. The maximum atomic E-state index is 12.2. The van der Waals surface area contributed by atoms with Crippen LogP contribution in [0.15, 0.2) is 24.3 Å². The number of morpholine rings is 1. The lowest BCUT2D eigenvalue weighted by Crippen LogP contribution is -2.43. The van der Waals surface area contributed by atoms with Crippen LogP contribution in [0.3, 0.4) is 0 Å². The van der Waals surface area contributed by atoms with Gasteiger partial charge in [-0.3, -0.25) is 9.11 Å². The van der Waals surface area contributed by atoms with Crippen LogP contribution in [-0.2, 0) is 16.2 Å². The fraction of sp³-hybridized carbons (Fsp3) is 0.476. The van der Waals surface area contributed by atoms with Gasteiger partial charge in [0.2, 0.25) is 0 Å². The summed E-state index contributed by atoms with van der Waals surface area (Å²) in [5, 5.41) is 5.05. The Morgan fingerprint density at radius 3 is 2.56 bits per heavy atom. The Kier molecular flexibility index (Phi) is 5.66. The number of carbonyl (C=O) groups is 1. The van der Waals surface area contributed by atoms with Gasteiger partial charge in [-0.2, -0.15) is 10.6 Å². The van der Waals surface area contributed by atoms with Gasteiger partial charge in [0.25, 0.3) is 0 Å². The van der Waals surface area contributed by atoms with Crippen LogP contribution in [0, 0.1) is 0 Å². The minimum Gasteiger partial charge on any atom is -0.371 e. The molecule has 0 aliphatic carbocycles. The summed E-state index contributed by atoms with van der Waals surface area (Å²) in [4.78, 5) is 23.4. The fourth-order valence-corrected chi connectivity index (χ4v) is 6.04. The molecule has 172 valence electrons. The van der Waals surface area contributed by atoms with Gasteiger partial charge < -0.3 is 20.3 Å². The summed E-state index contributed by atoms with van der Waals surface area (Å²) in [6.45, 7) is 0.794. The van der Waals surface area contributed by atoms with E-state index in [2.05, 4.69) is 20.5 Å². The third-order valence-electron chi connectivity index (χ3n) is 5.94. The van der Waals surface area contributed by atoms with Crippen molar-refractivity contribution in [1.82, 2.24) is 15.3 Å². The van der Waals surface area contributed by atoms with Gasteiger partial charge >= 0.3 is 6.03 Å². The molecule has 9 nitrogen and oxygen atoms in total. The summed E-state index contributed by atoms with van der Waals surface area (Å²) in [5.74, 6) is 1.58. The molecule has 4 heterocycles. The van der Waals surface area contributed by atoms with Crippen molar-refractivity contribution in [2.75, 3.05) is 36.5 Å². The topological polar surface area (TPSA) is 120 Å². The molecular weight excluding hydrogens is 437 g/mol. The normalized spacial score (nSPS) is 24.2. The van der Waals surface area contributed by atoms with Gasteiger partial charge in [-0.05, 0) is 37.1 Å². The lowest BCUT2D eigenvalue weighted by atomic mass is 10.1. The standard InChI is InChI=1S/C21H26FN5O4S/c22-7-8-23-21(28)24-14-3-1-13(2-4-14)19-25-18-12-32(29,30)11-17(18)20(26-19)27-9-15-5-6-16(10-27)31-15/h1-4,15-16,29-30H,5-12H2,(H2,23,24,28). The van der Waals surface area contributed by atoms with E-state index in [9.17, 15) is 18.3 Å². The molecule has 2 fully saturated rings. The summed E-state index contributed by atoms with van der Waals surface area (Å²) in [6.07, 6.45) is 2.42. The number of carbonyl (C=O) groups excluding carboxylic acids is 1. The van der Waals surface area contributed by atoms with Crippen LogP contribution in [0.5, 0.6) is 0 Å². The van der Waals surface area contributed by atoms with Crippen molar-refractivity contribution in [3.63, 3.8) is 0 Å². The average molecular weight is 464 g/mol. The van der Waals surface area contributed by atoms with E-state index in [4.69, 9.17) is 9.72 Å². The molecule has 2 bridgehead atoms. The summed E-state index contributed by atoms with van der Waals surface area (Å²) in [6, 6.07) is 6.57. The van der Waals surface area contributed by atoms with Crippen LogP contribution in [-0.4, -0.2) is 63.6 Å². The Morgan fingerprint density at radius 1 is 1.16 bits per heavy atom. The number of aromatic nitrogens is 2. The first-order valence-electron chi connectivity index (χ1n) is 10.7. The first-order chi connectivity index (χ1) is 15.4. The minimum absolute atomic E-state index is 0.0435.